The average molecular weight is 389 g/mol. The minimum atomic E-state index is -0.533. The third-order valence-corrected chi connectivity index (χ3v) is 7.43. The van der Waals surface area contributed by atoms with E-state index in [0.717, 1.165) is 37.9 Å². The summed E-state index contributed by atoms with van der Waals surface area (Å²) >= 11 is 5.64. The van der Waals surface area contributed by atoms with Gasteiger partial charge in [-0.15, -0.1) is 11.6 Å². The average Bonchev–Trinajstić information content (AvgIpc) is 3.49. The molecule has 26 heavy (non-hydrogen) atoms. The Labute approximate surface area is 163 Å². The minimum absolute atomic E-state index is 0.252. The van der Waals surface area contributed by atoms with Crippen molar-refractivity contribution in [3.63, 3.8) is 0 Å². The van der Waals surface area contributed by atoms with E-state index in [-0.39, 0.29) is 5.88 Å². The molecule has 2 unspecified atom stereocenters. The maximum absolute atomic E-state index is 9.56. The molecule has 152 valence electrons. The van der Waals surface area contributed by atoms with Crippen LogP contribution in [-0.2, 0) is 14.2 Å². The summed E-state index contributed by atoms with van der Waals surface area (Å²) in [6, 6.07) is 0. The van der Waals surface area contributed by atoms with Crippen LogP contribution in [0.2, 0.25) is 0 Å². The first kappa shape index (κ1) is 20.9. The van der Waals surface area contributed by atoms with Crippen LogP contribution < -0.4 is 0 Å². The van der Waals surface area contributed by atoms with Crippen LogP contribution in [0.25, 0.3) is 0 Å². The number of ether oxygens (including phenoxy) is 3. The lowest BCUT2D eigenvalue weighted by Gasteiger charge is -2.46. The van der Waals surface area contributed by atoms with Gasteiger partial charge in [0.15, 0.2) is 0 Å². The van der Waals surface area contributed by atoms with E-state index in [1.807, 2.05) is 0 Å². The molecule has 1 aliphatic heterocycles. The largest absolute Gasteiger partial charge is 0.389 e. The molecule has 0 amide bonds. The highest BCUT2D eigenvalue weighted by Gasteiger charge is 2.41. The fourth-order valence-corrected chi connectivity index (χ4v) is 5.07. The topological polar surface area (TPSA) is 51.2 Å². The SMILES string of the molecule is CC(C)(C1CCC(OCC(O)CCl)CC1)C1CCC(OCC2CO2)CC1. The number of alkyl halides is 1. The predicted molar refractivity (Wildman–Crippen MR) is 104 cm³/mol. The summed E-state index contributed by atoms with van der Waals surface area (Å²) in [6.07, 6.45) is 10.3. The lowest BCUT2D eigenvalue weighted by molar-refractivity contribution is -0.0500. The minimum Gasteiger partial charge on any atom is -0.389 e. The van der Waals surface area contributed by atoms with Gasteiger partial charge in [-0.25, -0.2) is 0 Å². The zero-order valence-electron chi connectivity index (χ0n) is 16.5. The Bertz CT molecular complexity index is 410. The molecule has 2 saturated carbocycles. The molecule has 1 heterocycles. The third-order valence-electron chi connectivity index (χ3n) is 7.08. The van der Waals surface area contributed by atoms with Gasteiger partial charge in [0.1, 0.15) is 6.10 Å². The van der Waals surface area contributed by atoms with Gasteiger partial charge >= 0.3 is 0 Å². The van der Waals surface area contributed by atoms with Gasteiger partial charge in [-0.2, -0.15) is 0 Å². The van der Waals surface area contributed by atoms with Gasteiger partial charge in [-0.3, -0.25) is 0 Å². The maximum Gasteiger partial charge on any atom is 0.104 e. The summed E-state index contributed by atoms with van der Waals surface area (Å²) in [7, 11) is 0. The van der Waals surface area contributed by atoms with Gasteiger partial charge in [0.2, 0.25) is 0 Å². The van der Waals surface area contributed by atoms with Crippen LogP contribution in [-0.4, -0.2) is 55.2 Å². The normalized spacial score (nSPS) is 36.7. The fourth-order valence-electron chi connectivity index (χ4n) is 4.98. The Hall–Kier alpha value is 0.130. The van der Waals surface area contributed by atoms with E-state index in [2.05, 4.69) is 13.8 Å². The van der Waals surface area contributed by atoms with Crippen LogP contribution >= 0.6 is 11.6 Å². The van der Waals surface area contributed by atoms with Crippen molar-refractivity contribution in [1.29, 1.82) is 0 Å². The van der Waals surface area contributed by atoms with E-state index in [1.54, 1.807) is 0 Å². The fraction of sp³-hybridized carbons (Fsp3) is 1.00. The second-order valence-corrected chi connectivity index (χ2v) is 9.51. The second-order valence-electron chi connectivity index (χ2n) is 9.20. The molecule has 3 rings (SSSR count). The highest BCUT2D eigenvalue weighted by Crippen LogP contribution is 2.48. The molecule has 3 aliphatic rings. The summed E-state index contributed by atoms with van der Waals surface area (Å²) in [5.74, 6) is 1.84. The highest BCUT2D eigenvalue weighted by molar-refractivity contribution is 6.18. The molecule has 2 aliphatic carbocycles. The van der Waals surface area contributed by atoms with Crippen molar-refractivity contribution >= 4 is 11.6 Å². The molecule has 5 heteroatoms. The van der Waals surface area contributed by atoms with Crippen molar-refractivity contribution in [1.82, 2.24) is 0 Å². The van der Waals surface area contributed by atoms with Gasteiger partial charge < -0.3 is 19.3 Å². The summed E-state index contributed by atoms with van der Waals surface area (Å²) in [6.45, 7) is 7.03. The Kier molecular flexibility index (Phi) is 7.66. The van der Waals surface area contributed by atoms with Crippen LogP contribution in [0.4, 0.5) is 0 Å². The zero-order chi connectivity index (χ0) is 18.6. The van der Waals surface area contributed by atoms with Crippen molar-refractivity contribution in [2.45, 2.75) is 89.6 Å². The molecule has 0 radical (unpaired) electrons. The Morgan fingerprint density at radius 1 is 0.962 bits per heavy atom. The first-order chi connectivity index (χ1) is 12.5. The quantitative estimate of drug-likeness (QED) is 0.476. The first-order valence-electron chi connectivity index (χ1n) is 10.6. The second kappa shape index (κ2) is 9.56. The summed E-state index contributed by atoms with van der Waals surface area (Å²) in [5.41, 5.74) is 0.394. The number of rotatable bonds is 9. The van der Waals surface area contributed by atoms with Gasteiger partial charge in [-0.05, 0) is 68.6 Å². The number of epoxide rings is 1. The van der Waals surface area contributed by atoms with E-state index >= 15 is 0 Å². The molecular formula is C21H37ClO4. The van der Waals surface area contributed by atoms with E-state index in [0.29, 0.717) is 30.3 Å². The Morgan fingerprint density at radius 3 is 1.92 bits per heavy atom. The molecule has 1 saturated heterocycles. The van der Waals surface area contributed by atoms with E-state index in [4.69, 9.17) is 25.8 Å². The number of aliphatic hydroxyl groups excluding tert-OH is 1. The van der Waals surface area contributed by atoms with Crippen LogP contribution in [0.3, 0.4) is 0 Å². The molecule has 0 bridgehead atoms. The summed E-state index contributed by atoms with van der Waals surface area (Å²) < 4.78 is 17.1. The number of aliphatic hydroxyl groups is 1. The van der Waals surface area contributed by atoms with Crippen molar-refractivity contribution in [2.75, 3.05) is 25.7 Å². The van der Waals surface area contributed by atoms with Crippen molar-refractivity contribution in [3.8, 4) is 0 Å². The first-order valence-corrected chi connectivity index (χ1v) is 11.1. The van der Waals surface area contributed by atoms with E-state index < -0.39 is 6.10 Å². The van der Waals surface area contributed by atoms with Crippen LogP contribution in [0, 0.1) is 17.3 Å². The van der Waals surface area contributed by atoms with Gasteiger partial charge in [-0.1, -0.05) is 13.8 Å². The zero-order valence-corrected chi connectivity index (χ0v) is 17.3. The van der Waals surface area contributed by atoms with Gasteiger partial charge in [0.05, 0.1) is 44.0 Å². The van der Waals surface area contributed by atoms with E-state index in [1.165, 1.54) is 38.5 Å². The van der Waals surface area contributed by atoms with Crippen LogP contribution in [0.15, 0.2) is 0 Å². The molecule has 0 aromatic heterocycles. The maximum atomic E-state index is 9.56. The Morgan fingerprint density at radius 2 is 1.46 bits per heavy atom. The summed E-state index contributed by atoms with van der Waals surface area (Å²) in [4.78, 5) is 0. The Balaban J connectivity index is 1.38. The third kappa shape index (κ3) is 5.81. The molecule has 3 fully saturated rings. The lowest BCUT2D eigenvalue weighted by Crippen LogP contribution is -2.39. The van der Waals surface area contributed by atoms with Crippen molar-refractivity contribution in [2.24, 2.45) is 17.3 Å². The van der Waals surface area contributed by atoms with Crippen LogP contribution in [0.5, 0.6) is 0 Å². The van der Waals surface area contributed by atoms with Crippen LogP contribution in [0.1, 0.15) is 65.2 Å². The molecule has 2 atom stereocenters. The van der Waals surface area contributed by atoms with E-state index in [9.17, 15) is 5.11 Å². The molecule has 0 aromatic rings. The van der Waals surface area contributed by atoms with Gasteiger partial charge in [0, 0.05) is 0 Å². The molecule has 1 N–H and O–H groups in total. The highest BCUT2D eigenvalue weighted by atomic mass is 35.5. The monoisotopic (exact) mass is 388 g/mol. The number of hydrogen-bond donors (Lipinski definition) is 1. The molecule has 4 nitrogen and oxygen atoms in total. The summed E-state index contributed by atoms with van der Waals surface area (Å²) in [5, 5.41) is 9.56. The van der Waals surface area contributed by atoms with Gasteiger partial charge in [0.25, 0.3) is 0 Å². The lowest BCUT2D eigenvalue weighted by atomic mass is 9.60. The number of hydrogen-bond acceptors (Lipinski definition) is 4. The molecular weight excluding hydrogens is 352 g/mol. The van der Waals surface area contributed by atoms with Crippen molar-refractivity contribution in [3.05, 3.63) is 0 Å². The molecule has 0 spiro atoms. The molecule has 0 aromatic carbocycles. The smallest absolute Gasteiger partial charge is 0.104 e. The number of halogens is 1. The standard InChI is InChI=1S/C21H37ClO4/c1-21(2,15-3-7-18(8-4-15)24-12-17(23)11-22)16-5-9-19(10-6-16)25-13-20-14-26-20/h15-20,23H,3-14H2,1-2H3. The van der Waals surface area contributed by atoms with Crippen molar-refractivity contribution < 1.29 is 19.3 Å². The predicted octanol–water partition coefficient (Wildman–Crippen LogP) is 4.16.